The van der Waals surface area contributed by atoms with Crippen LogP contribution in [-0.2, 0) is 9.53 Å². The van der Waals surface area contributed by atoms with Crippen LogP contribution in [0, 0.1) is 0 Å². The minimum Gasteiger partial charge on any atom is -0.465 e. The van der Waals surface area contributed by atoms with Gasteiger partial charge >= 0.3 is 5.97 Å². The molecular formula is C10H12N2O2S2. The van der Waals surface area contributed by atoms with Crippen molar-refractivity contribution in [2.75, 3.05) is 17.7 Å². The maximum atomic E-state index is 11.1. The number of nitrogens with one attached hydrogen (secondary N) is 1. The van der Waals surface area contributed by atoms with Gasteiger partial charge in [-0.15, -0.1) is 0 Å². The molecule has 1 heterocycles. The van der Waals surface area contributed by atoms with E-state index in [0.29, 0.717) is 10.9 Å². The van der Waals surface area contributed by atoms with Crippen LogP contribution in [0.2, 0.25) is 0 Å². The Bertz CT molecular complexity index is 357. The molecule has 4 nitrogen and oxygen atoms in total. The van der Waals surface area contributed by atoms with Gasteiger partial charge < -0.3 is 10.1 Å². The van der Waals surface area contributed by atoms with E-state index in [-0.39, 0.29) is 11.7 Å². The van der Waals surface area contributed by atoms with E-state index in [1.165, 1.54) is 11.8 Å². The molecule has 6 heteroatoms. The van der Waals surface area contributed by atoms with E-state index in [1.54, 1.807) is 25.4 Å². The molecule has 0 bridgehead atoms. The van der Waals surface area contributed by atoms with Gasteiger partial charge in [-0.3, -0.25) is 9.78 Å². The monoisotopic (exact) mass is 256 g/mol. The summed E-state index contributed by atoms with van der Waals surface area (Å²) in [5, 5.41) is 2.96. The molecule has 1 rings (SSSR count). The highest BCUT2D eigenvalue weighted by atomic mass is 32.2. The van der Waals surface area contributed by atoms with Crippen LogP contribution in [0.25, 0.3) is 0 Å². The molecule has 0 aliphatic heterocycles. The Morgan fingerprint density at radius 1 is 1.69 bits per heavy atom. The second kappa shape index (κ2) is 7.19. The van der Waals surface area contributed by atoms with Gasteiger partial charge in [-0.1, -0.05) is 24.0 Å². The molecular weight excluding hydrogens is 244 g/mol. The number of carbonyl (C=O) groups is 1. The third-order valence-electron chi connectivity index (χ3n) is 1.53. The minimum atomic E-state index is -0.261. The number of hydrogen-bond acceptors (Lipinski definition) is 5. The highest BCUT2D eigenvalue weighted by Crippen LogP contribution is 2.10. The number of nitrogens with zero attached hydrogens (tertiary/aromatic N) is 1. The average Bonchev–Trinajstić information content (AvgIpc) is 2.28. The zero-order valence-electron chi connectivity index (χ0n) is 8.80. The number of carbonyl (C=O) groups excluding carboxylic acids is 1. The van der Waals surface area contributed by atoms with Crippen molar-refractivity contribution in [3.8, 4) is 0 Å². The molecule has 0 fully saturated rings. The summed E-state index contributed by atoms with van der Waals surface area (Å²) in [6, 6.07) is 3.66. The Kier molecular flexibility index (Phi) is 5.81. The maximum absolute atomic E-state index is 11.1. The summed E-state index contributed by atoms with van der Waals surface area (Å²) in [6.07, 6.45) is 3.34. The third-order valence-corrected chi connectivity index (χ3v) is 2.73. The minimum absolute atomic E-state index is 0.222. The largest absolute Gasteiger partial charge is 0.465 e. The number of esters is 1. The van der Waals surface area contributed by atoms with Crippen LogP contribution < -0.4 is 5.32 Å². The van der Waals surface area contributed by atoms with Crippen molar-refractivity contribution in [3.05, 3.63) is 24.5 Å². The van der Waals surface area contributed by atoms with Gasteiger partial charge in [0.05, 0.1) is 24.2 Å². The van der Waals surface area contributed by atoms with Crippen LogP contribution in [0.4, 0.5) is 5.69 Å². The predicted octanol–water partition coefficient (Wildman–Crippen LogP) is 2.07. The Morgan fingerprint density at radius 3 is 3.12 bits per heavy atom. The average molecular weight is 256 g/mol. The Morgan fingerprint density at radius 2 is 2.50 bits per heavy atom. The lowest BCUT2D eigenvalue weighted by atomic mass is 10.4. The number of aromatic nitrogens is 1. The normalized spacial score (nSPS) is 9.56. The topological polar surface area (TPSA) is 51.2 Å². The molecule has 1 aromatic heterocycles. The summed E-state index contributed by atoms with van der Waals surface area (Å²) in [6.45, 7) is 2.16. The quantitative estimate of drug-likeness (QED) is 0.657. The standard InChI is InChI=1S/C10H12N2O2S2/c1-2-14-9(13)7-16-10(15)12-8-4-3-5-11-6-8/h3-6H,2,7H2,1H3,(H,12,15). The van der Waals surface area contributed by atoms with E-state index in [0.717, 1.165) is 5.69 Å². The number of ether oxygens (including phenoxy) is 1. The first kappa shape index (κ1) is 12.9. The molecule has 16 heavy (non-hydrogen) atoms. The van der Waals surface area contributed by atoms with Gasteiger partial charge in [-0.2, -0.15) is 0 Å². The molecule has 0 aliphatic rings. The van der Waals surface area contributed by atoms with Crippen molar-refractivity contribution in [2.24, 2.45) is 0 Å². The molecule has 1 N–H and O–H groups in total. The van der Waals surface area contributed by atoms with Gasteiger partial charge in [-0.25, -0.2) is 0 Å². The van der Waals surface area contributed by atoms with Gasteiger partial charge in [0.2, 0.25) is 0 Å². The maximum Gasteiger partial charge on any atom is 0.316 e. The molecule has 0 unspecified atom stereocenters. The Balaban J connectivity index is 2.29. The molecule has 0 amide bonds. The molecule has 1 aromatic rings. The number of rotatable bonds is 4. The van der Waals surface area contributed by atoms with Crippen LogP contribution in [-0.4, -0.2) is 27.6 Å². The fourth-order valence-corrected chi connectivity index (χ4v) is 1.73. The fraction of sp³-hybridized carbons (Fsp3) is 0.300. The van der Waals surface area contributed by atoms with Crippen molar-refractivity contribution < 1.29 is 9.53 Å². The first-order chi connectivity index (χ1) is 7.72. The number of thiocarbonyl (C=S) groups is 1. The van der Waals surface area contributed by atoms with E-state index in [1.807, 2.05) is 6.07 Å². The lowest BCUT2D eigenvalue weighted by Crippen LogP contribution is -2.12. The summed E-state index contributed by atoms with van der Waals surface area (Å²) in [5.41, 5.74) is 0.809. The zero-order valence-corrected chi connectivity index (χ0v) is 10.4. The summed E-state index contributed by atoms with van der Waals surface area (Å²) >= 11 is 6.29. The van der Waals surface area contributed by atoms with Crippen molar-refractivity contribution in [1.29, 1.82) is 0 Å². The van der Waals surface area contributed by atoms with Crippen molar-refractivity contribution in [3.63, 3.8) is 0 Å². The second-order valence-corrected chi connectivity index (χ2v) is 4.40. The molecule has 0 spiro atoms. The predicted molar refractivity (Wildman–Crippen MR) is 69.5 cm³/mol. The first-order valence-corrected chi connectivity index (χ1v) is 6.11. The third kappa shape index (κ3) is 5.09. The number of thioether (sulfide) groups is 1. The van der Waals surface area contributed by atoms with Crippen LogP contribution in [0.3, 0.4) is 0 Å². The van der Waals surface area contributed by atoms with Gasteiger partial charge in [-0.05, 0) is 19.1 Å². The van der Waals surface area contributed by atoms with Gasteiger partial charge in [0.1, 0.15) is 4.32 Å². The summed E-state index contributed by atoms with van der Waals surface area (Å²) in [5.74, 6) is -0.0391. The highest BCUT2D eigenvalue weighted by molar-refractivity contribution is 8.23. The molecule has 0 radical (unpaired) electrons. The number of pyridine rings is 1. The fourth-order valence-electron chi connectivity index (χ4n) is 0.918. The molecule has 0 aliphatic carbocycles. The van der Waals surface area contributed by atoms with Crippen molar-refractivity contribution >= 4 is 40.0 Å². The first-order valence-electron chi connectivity index (χ1n) is 4.71. The lowest BCUT2D eigenvalue weighted by Gasteiger charge is -2.06. The SMILES string of the molecule is CCOC(=O)CSC(=S)Nc1cccnc1. The van der Waals surface area contributed by atoms with Gasteiger partial charge in [0.15, 0.2) is 0 Å². The second-order valence-electron chi connectivity index (χ2n) is 2.75. The molecule has 0 aromatic carbocycles. The van der Waals surface area contributed by atoms with Crippen LogP contribution in [0.5, 0.6) is 0 Å². The molecule has 86 valence electrons. The molecule has 0 atom stereocenters. The van der Waals surface area contributed by atoms with Crippen LogP contribution >= 0.6 is 24.0 Å². The van der Waals surface area contributed by atoms with Gasteiger partial charge in [0, 0.05) is 6.20 Å². The summed E-state index contributed by atoms with van der Waals surface area (Å²) < 4.78 is 5.31. The number of hydrogen-bond donors (Lipinski definition) is 1. The smallest absolute Gasteiger partial charge is 0.316 e. The number of anilines is 1. The molecule has 0 saturated heterocycles. The highest BCUT2D eigenvalue weighted by Gasteiger charge is 2.05. The summed E-state index contributed by atoms with van der Waals surface area (Å²) in [7, 11) is 0. The van der Waals surface area contributed by atoms with Crippen LogP contribution in [0.1, 0.15) is 6.92 Å². The van der Waals surface area contributed by atoms with Crippen LogP contribution in [0.15, 0.2) is 24.5 Å². The van der Waals surface area contributed by atoms with E-state index in [4.69, 9.17) is 17.0 Å². The molecule has 0 saturated carbocycles. The van der Waals surface area contributed by atoms with E-state index < -0.39 is 0 Å². The van der Waals surface area contributed by atoms with Crippen molar-refractivity contribution in [2.45, 2.75) is 6.92 Å². The summed E-state index contributed by atoms with van der Waals surface area (Å²) in [4.78, 5) is 15.0. The van der Waals surface area contributed by atoms with Crippen molar-refractivity contribution in [1.82, 2.24) is 4.98 Å². The lowest BCUT2D eigenvalue weighted by molar-refractivity contribution is -0.139. The van der Waals surface area contributed by atoms with E-state index in [2.05, 4.69) is 10.3 Å². The van der Waals surface area contributed by atoms with Gasteiger partial charge in [0.25, 0.3) is 0 Å². The zero-order chi connectivity index (χ0) is 11.8. The Hall–Kier alpha value is -1.14. The van der Waals surface area contributed by atoms with E-state index >= 15 is 0 Å². The Labute approximate surface area is 104 Å². The van der Waals surface area contributed by atoms with E-state index in [9.17, 15) is 4.79 Å².